The molecule has 8 aromatic carbocycles. The van der Waals surface area contributed by atoms with Crippen molar-refractivity contribution < 1.29 is 4.42 Å². The van der Waals surface area contributed by atoms with Gasteiger partial charge in [-0.25, -0.2) is 0 Å². The summed E-state index contributed by atoms with van der Waals surface area (Å²) < 4.78 is 7.24. The lowest BCUT2D eigenvalue weighted by atomic mass is 9.33. The van der Waals surface area contributed by atoms with Gasteiger partial charge in [0.2, 0.25) is 0 Å². The van der Waals surface area contributed by atoms with Gasteiger partial charge in [-0.15, -0.1) is 0 Å². The van der Waals surface area contributed by atoms with Gasteiger partial charge in [-0.05, 0) is 192 Å². The molecular formula is C72H73BN2O. The fourth-order valence-corrected chi connectivity index (χ4v) is 15.0. The molecule has 0 saturated heterocycles. The van der Waals surface area contributed by atoms with Gasteiger partial charge in [-0.3, -0.25) is 0 Å². The Morgan fingerprint density at radius 3 is 1.51 bits per heavy atom. The van der Waals surface area contributed by atoms with Crippen LogP contribution in [0, 0.1) is 0 Å². The quantitative estimate of drug-likeness (QED) is 0.164. The molecule has 3 aliphatic carbocycles. The van der Waals surface area contributed by atoms with Gasteiger partial charge in [0.25, 0.3) is 6.71 Å². The molecule has 380 valence electrons. The van der Waals surface area contributed by atoms with Crippen molar-refractivity contribution in [3.05, 3.63) is 185 Å². The third-order valence-electron chi connectivity index (χ3n) is 20.0. The van der Waals surface area contributed by atoms with Crippen LogP contribution in [0.25, 0.3) is 44.2 Å². The van der Waals surface area contributed by atoms with Crippen LogP contribution in [-0.2, 0) is 32.5 Å². The zero-order chi connectivity index (χ0) is 52.6. The third kappa shape index (κ3) is 6.87. The number of benzene rings is 8. The molecule has 14 rings (SSSR count). The Labute approximate surface area is 452 Å². The van der Waals surface area contributed by atoms with Crippen LogP contribution in [0.4, 0.5) is 34.1 Å². The van der Waals surface area contributed by atoms with Crippen LogP contribution in [0.5, 0.6) is 0 Å². The van der Waals surface area contributed by atoms with Gasteiger partial charge < -0.3 is 14.2 Å². The van der Waals surface area contributed by atoms with E-state index in [0.717, 1.165) is 49.0 Å². The standard InChI is InChI=1S/C72H73BN2O/c1-67(2)31-32-68(3,4)51-39-47(27-28-50(51)67)74-59-42-54-53(70(7,8)34-35-71(54,9)10)41-57(59)73-56-29-30-62-64(49-40-52-55(43-63(49)76-62)72(11,12)36-33-69(52,5)6)66(56)75(58-26-20-19-25-48(58)45-23-17-14-18-24-45)61-38-46(37-60(74)65(61)73)44-21-15-13-16-22-44/h13-30,37-43H,31-36H2,1-12H3. The molecule has 2 aliphatic heterocycles. The van der Waals surface area contributed by atoms with Crippen molar-refractivity contribution >= 4 is 79.2 Å². The molecule has 0 bridgehead atoms. The summed E-state index contributed by atoms with van der Waals surface area (Å²) in [6, 6.07) is 59.1. The van der Waals surface area contributed by atoms with Crippen LogP contribution < -0.4 is 26.2 Å². The number of hydrogen-bond acceptors (Lipinski definition) is 3. The minimum absolute atomic E-state index is 0.00889. The van der Waals surface area contributed by atoms with Gasteiger partial charge in [0.05, 0.1) is 16.8 Å². The van der Waals surface area contributed by atoms with E-state index in [0.29, 0.717) is 0 Å². The second-order valence-corrected chi connectivity index (χ2v) is 27.6. The van der Waals surface area contributed by atoms with E-state index in [-0.39, 0.29) is 39.2 Å². The maximum Gasteiger partial charge on any atom is 0.252 e. The summed E-state index contributed by atoms with van der Waals surface area (Å²) in [6.07, 6.45) is 6.94. The zero-order valence-electron chi connectivity index (χ0n) is 47.1. The molecule has 0 N–H and O–H groups in total. The molecule has 3 heterocycles. The highest BCUT2D eigenvalue weighted by molar-refractivity contribution is 7.00. The Bertz CT molecular complexity index is 3900. The maximum absolute atomic E-state index is 7.24. The first kappa shape index (κ1) is 47.7. The second kappa shape index (κ2) is 15.9. The molecule has 3 nitrogen and oxygen atoms in total. The summed E-state index contributed by atoms with van der Waals surface area (Å²) in [6.45, 7) is 29.5. The van der Waals surface area contributed by atoms with Crippen molar-refractivity contribution in [1.82, 2.24) is 0 Å². The van der Waals surface area contributed by atoms with E-state index in [1.807, 2.05) is 0 Å². The van der Waals surface area contributed by atoms with Gasteiger partial charge in [0, 0.05) is 33.7 Å². The van der Waals surface area contributed by atoms with Crippen LogP contribution in [0.1, 0.15) is 155 Å². The topological polar surface area (TPSA) is 19.6 Å². The van der Waals surface area contributed by atoms with Gasteiger partial charge in [0.15, 0.2) is 0 Å². The molecule has 0 spiro atoms. The van der Waals surface area contributed by atoms with Gasteiger partial charge >= 0.3 is 0 Å². The number of anilines is 6. The molecule has 0 saturated carbocycles. The van der Waals surface area contributed by atoms with E-state index in [1.165, 1.54) is 118 Å². The summed E-state index contributed by atoms with van der Waals surface area (Å²) >= 11 is 0. The van der Waals surface area contributed by atoms with Gasteiger partial charge in [0.1, 0.15) is 11.2 Å². The molecule has 0 unspecified atom stereocenters. The lowest BCUT2D eigenvalue weighted by molar-refractivity contribution is 0.332. The van der Waals surface area contributed by atoms with Crippen molar-refractivity contribution in [2.45, 2.75) is 154 Å². The number of para-hydroxylation sites is 1. The average Bonchev–Trinajstić information content (AvgIpc) is 3.89. The van der Waals surface area contributed by atoms with Gasteiger partial charge in [-0.1, -0.05) is 180 Å². The fourth-order valence-electron chi connectivity index (χ4n) is 15.0. The third-order valence-corrected chi connectivity index (χ3v) is 20.0. The highest BCUT2D eigenvalue weighted by Crippen LogP contribution is 2.56. The van der Waals surface area contributed by atoms with Crippen molar-refractivity contribution in [2.24, 2.45) is 0 Å². The predicted octanol–water partition coefficient (Wildman–Crippen LogP) is 18.0. The fraction of sp³-hybridized carbons (Fsp3) is 0.333. The van der Waals surface area contributed by atoms with Crippen molar-refractivity contribution in [3.63, 3.8) is 0 Å². The van der Waals surface area contributed by atoms with E-state index in [4.69, 9.17) is 4.42 Å². The van der Waals surface area contributed by atoms with Crippen molar-refractivity contribution in [1.29, 1.82) is 0 Å². The number of rotatable bonds is 4. The zero-order valence-corrected chi connectivity index (χ0v) is 47.1. The van der Waals surface area contributed by atoms with Crippen LogP contribution in [0.15, 0.2) is 156 Å². The highest BCUT2D eigenvalue weighted by atomic mass is 16.3. The normalized spacial score (nSPS) is 19.6. The van der Waals surface area contributed by atoms with Crippen LogP contribution >= 0.6 is 0 Å². The molecule has 0 radical (unpaired) electrons. The first-order chi connectivity index (χ1) is 36.1. The molecule has 0 atom stereocenters. The Morgan fingerprint density at radius 1 is 0.368 bits per heavy atom. The van der Waals surface area contributed by atoms with Crippen molar-refractivity contribution in [2.75, 3.05) is 9.80 Å². The highest BCUT2D eigenvalue weighted by Gasteiger charge is 2.49. The molecule has 9 aromatic rings. The van der Waals surface area contributed by atoms with Gasteiger partial charge in [-0.2, -0.15) is 0 Å². The summed E-state index contributed by atoms with van der Waals surface area (Å²) in [7, 11) is 0. The van der Waals surface area contributed by atoms with E-state index in [2.05, 4.69) is 245 Å². The van der Waals surface area contributed by atoms with E-state index < -0.39 is 0 Å². The largest absolute Gasteiger partial charge is 0.456 e. The summed E-state index contributed by atoms with van der Waals surface area (Å²) in [5.41, 5.74) is 27.1. The molecule has 0 fully saturated rings. The van der Waals surface area contributed by atoms with Crippen LogP contribution in [0.3, 0.4) is 0 Å². The summed E-state index contributed by atoms with van der Waals surface area (Å²) in [5.74, 6) is 0. The first-order valence-electron chi connectivity index (χ1n) is 28.5. The minimum atomic E-state index is -0.0716. The molecule has 4 heteroatoms. The molecule has 1 aromatic heterocycles. The Morgan fingerprint density at radius 2 is 0.882 bits per heavy atom. The van der Waals surface area contributed by atoms with E-state index in [9.17, 15) is 0 Å². The lowest BCUT2D eigenvalue weighted by Gasteiger charge is -2.48. The average molecular weight is 993 g/mol. The lowest BCUT2D eigenvalue weighted by Crippen LogP contribution is -2.62. The maximum atomic E-state index is 7.24. The monoisotopic (exact) mass is 993 g/mol. The Kier molecular flexibility index (Phi) is 9.97. The van der Waals surface area contributed by atoms with E-state index in [1.54, 1.807) is 0 Å². The molecule has 76 heavy (non-hydrogen) atoms. The second-order valence-electron chi connectivity index (χ2n) is 27.6. The minimum Gasteiger partial charge on any atom is -0.456 e. The molecular weight excluding hydrogens is 920 g/mol. The van der Waals surface area contributed by atoms with Crippen LogP contribution in [0.2, 0.25) is 0 Å². The summed E-state index contributed by atoms with van der Waals surface area (Å²) in [4.78, 5) is 5.39. The summed E-state index contributed by atoms with van der Waals surface area (Å²) in [5, 5.41) is 2.39. The Balaban J connectivity index is 1.16. The SMILES string of the molecule is CC1(C)CCC(C)(C)c2cc(N3c4cc5c(cc4B4c6ccc7oc8cc9c(cc8c7c6N(c6ccccc6-c6ccccc6)c6cc(-c7ccccc7)cc3c64)C(C)(C)CCC9(C)C)C(C)(C)CCC5(C)C)ccc21. The predicted molar refractivity (Wildman–Crippen MR) is 324 cm³/mol. The number of furan rings is 1. The number of fused-ring (bicyclic) bond motifs is 11. The number of nitrogens with zero attached hydrogens (tertiary/aromatic N) is 2. The number of hydrogen-bond donors (Lipinski definition) is 0. The van der Waals surface area contributed by atoms with Crippen LogP contribution in [-0.4, -0.2) is 6.71 Å². The Hall–Kier alpha value is -6.78. The van der Waals surface area contributed by atoms with Crippen molar-refractivity contribution in [3.8, 4) is 22.3 Å². The molecule has 0 amide bonds. The first-order valence-corrected chi connectivity index (χ1v) is 28.5. The smallest absolute Gasteiger partial charge is 0.252 e. The van der Waals surface area contributed by atoms with E-state index >= 15 is 0 Å². The molecule has 5 aliphatic rings.